The lowest BCUT2D eigenvalue weighted by Gasteiger charge is -2.09. The molecule has 74 valence electrons. The van der Waals surface area contributed by atoms with E-state index in [0.717, 1.165) is 11.2 Å². The van der Waals surface area contributed by atoms with Crippen molar-refractivity contribution in [3.63, 3.8) is 0 Å². The number of hydrogen-bond donors (Lipinski definition) is 0. The van der Waals surface area contributed by atoms with Gasteiger partial charge in [0.15, 0.2) is 0 Å². The van der Waals surface area contributed by atoms with Crippen LogP contribution < -0.4 is 10.2 Å². The van der Waals surface area contributed by atoms with Crippen molar-refractivity contribution >= 4 is 12.6 Å². The molecule has 0 spiro atoms. The van der Waals surface area contributed by atoms with Gasteiger partial charge in [0, 0.05) is 5.46 Å². The SMILES string of the molecule is COc1ccccc1B1OC[C@H](C)O1. The first-order chi connectivity index (χ1) is 6.81. The average Bonchev–Trinajstić information content (AvgIpc) is 2.65. The van der Waals surface area contributed by atoms with Gasteiger partial charge in [-0.2, -0.15) is 0 Å². The number of methoxy groups -OCH3 is 1. The molecule has 1 aliphatic heterocycles. The maximum atomic E-state index is 5.59. The summed E-state index contributed by atoms with van der Waals surface area (Å²) in [6.45, 7) is 2.64. The van der Waals surface area contributed by atoms with Gasteiger partial charge in [0.05, 0.1) is 19.8 Å². The van der Waals surface area contributed by atoms with E-state index >= 15 is 0 Å². The van der Waals surface area contributed by atoms with Crippen molar-refractivity contribution in [1.82, 2.24) is 0 Å². The van der Waals surface area contributed by atoms with E-state index < -0.39 is 0 Å². The molecule has 1 aliphatic rings. The summed E-state index contributed by atoms with van der Waals surface area (Å²) < 4.78 is 16.3. The van der Waals surface area contributed by atoms with Crippen LogP contribution in [0.1, 0.15) is 6.92 Å². The van der Waals surface area contributed by atoms with Crippen molar-refractivity contribution < 1.29 is 14.0 Å². The highest BCUT2D eigenvalue weighted by molar-refractivity contribution is 6.62. The van der Waals surface area contributed by atoms with Crippen LogP contribution >= 0.6 is 0 Å². The van der Waals surface area contributed by atoms with Gasteiger partial charge in [-0.25, -0.2) is 0 Å². The third kappa shape index (κ3) is 1.76. The lowest BCUT2D eigenvalue weighted by atomic mass is 9.79. The number of ether oxygens (including phenoxy) is 1. The molecule has 0 aliphatic carbocycles. The highest BCUT2D eigenvalue weighted by Gasteiger charge is 2.32. The second-order valence-corrected chi connectivity index (χ2v) is 3.35. The molecule has 1 heterocycles. The summed E-state index contributed by atoms with van der Waals surface area (Å²) >= 11 is 0. The van der Waals surface area contributed by atoms with Crippen LogP contribution in [0.25, 0.3) is 0 Å². The molecule has 1 atom stereocenters. The molecule has 0 radical (unpaired) electrons. The summed E-state index contributed by atoms with van der Waals surface area (Å²) in [4.78, 5) is 0. The van der Waals surface area contributed by atoms with Crippen LogP contribution in [0.15, 0.2) is 24.3 Å². The third-order valence-corrected chi connectivity index (χ3v) is 2.23. The fourth-order valence-corrected chi connectivity index (χ4v) is 1.54. The summed E-state index contributed by atoms with van der Waals surface area (Å²) in [5.41, 5.74) is 0.958. The van der Waals surface area contributed by atoms with Gasteiger partial charge in [0.1, 0.15) is 5.75 Å². The maximum absolute atomic E-state index is 5.59. The Labute approximate surface area is 84.1 Å². The van der Waals surface area contributed by atoms with E-state index in [1.54, 1.807) is 7.11 Å². The van der Waals surface area contributed by atoms with Gasteiger partial charge < -0.3 is 14.0 Å². The van der Waals surface area contributed by atoms with Crippen LogP contribution in [-0.2, 0) is 9.31 Å². The third-order valence-electron chi connectivity index (χ3n) is 2.23. The summed E-state index contributed by atoms with van der Waals surface area (Å²) in [5, 5.41) is 0. The van der Waals surface area contributed by atoms with E-state index in [9.17, 15) is 0 Å². The summed E-state index contributed by atoms with van der Waals surface area (Å²) in [6, 6.07) is 7.75. The maximum Gasteiger partial charge on any atom is 0.498 e. The molecule has 3 nitrogen and oxygen atoms in total. The summed E-state index contributed by atoms with van der Waals surface area (Å²) in [5.74, 6) is 0.812. The van der Waals surface area contributed by atoms with Crippen molar-refractivity contribution in [1.29, 1.82) is 0 Å². The Morgan fingerprint density at radius 3 is 2.86 bits per heavy atom. The Morgan fingerprint density at radius 1 is 1.43 bits per heavy atom. The monoisotopic (exact) mass is 192 g/mol. The predicted octanol–water partition coefficient (Wildman–Crippen LogP) is 0.826. The molecule has 0 aromatic heterocycles. The minimum atomic E-state index is -0.277. The second-order valence-electron chi connectivity index (χ2n) is 3.35. The largest absolute Gasteiger partial charge is 0.498 e. The zero-order valence-corrected chi connectivity index (χ0v) is 8.40. The second kappa shape index (κ2) is 4.03. The molecule has 2 rings (SSSR count). The predicted molar refractivity (Wildman–Crippen MR) is 54.9 cm³/mol. The Balaban J connectivity index is 2.22. The van der Waals surface area contributed by atoms with Crippen LogP contribution in [0, 0.1) is 0 Å². The first-order valence-corrected chi connectivity index (χ1v) is 4.71. The lowest BCUT2D eigenvalue weighted by Crippen LogP contribution is -2.33. The molecule has 0 amide bonds. The molecule has 0 unspecified atom stereocenters. The van der Waals surface area contributed by atoms with Gasteiger partial charge in [-0.15, -0.1) is 0 Å². The smallest absolute Gasteiger partial charge is 0.497 e. The first-order valence-electron chi connectivity index (χ1n) is 4.71. The number of rotatable bonds is 2. The standard InChI is InChI=1S/C10H13BO3/c1-8-7-13-11(14-8)9-5-3-4-6-10(9)12-2/h3-6,8H,7H2,1-2H3/t8-/m0/s1. The topological polar surface area (TPSA) is 27.7 Å². The van der Waals surface area contributed by atoms with Gasteiger partial charge in [0.25, 0.3) is 0 Å². The Hall–Kier alpha value is -0.995. The van der Waals surface area contributed by atoms with Gasteiger partial charge in [-0.1, -0.05) is 18.2 Å². The van der Waals surface area contributed by atoms with Gasteiger partial charge in [-0.3, -0.25) is 0 Å². The van der Waals surface area contributed by atoms with Crippen LogP contribution in [-0.4, -0.2) is 26.9 Å². The van der Waals surface area contributed by atoms with Crippen molar-refractivity contribution in [3.05, 3.63) is 24.3 Å². The molecular formula is C10H13BO3. The molecule has 1 saturated heterocycles. The highest BCUT2D eigenvalue weighted by Crippen LogP contribution is 2.13. The van der Waals surface area contributed by atoms with Crippen LogP contribution in [0.3, 0.4) is 0 Å². The van der Waals surface area contributed by atoms with E-state index in [-0.39, 0.29) is 13.2 Å². The first kappa shape index (κ1) is 9.56. The van der Waals surface area contributed by atoms with Gasteiger partial charge in [-0.05, 0) is 13.0 Å². The fourth-order valence-electron chi connectivity index (χ4n) is 1.54. The van der Waals surface area contributed by atoms with Crippen LogP contribution in [0.4, 0.5) is 0 Å². The fraction of sp³-hybridized carbons (Fsp3) is 0.400. The minimum Gasteiger partial charge on any atom is -0.497 e. The molecule has 0 bridgehead atoms. The van der Waals surface area contributed by atoms with E-state index in [1.165, 1.54) is 0 Å². The molecule has 1 aromatic rings. The van der Waals surface area contributed by atoms with Gasteiger partial charge in [0.2, 0.25) is 0 Å². The van der Waals surface area contributed by atoms with E-state index in [0.29, 0.717) is 6.61 Å². The normalized spacial score (nSPS) is 21.3. The Morgan fingerprint density at radius 2 is 2.21 bits per heavy atom. The zero-order chi connectivity index (χ0) is 9.97. The van der Waals surface area contributed by atoms with E-state index in [4.69, 9.17) is 14.0 Å². The molecule has 4 heteroatoms. The highest BCUT2D eigenvalue weighted by atomic mass is 16.6. The lowest BCUT2D eigenvalue weighted by molar-refractivity contribution is 0.258. The number of para-hydroxylation sites is 1. The van der Waals surface area contributed by atoms with E-state index in [2.05, 4.69) is 0 Å². The quantitative estimate of drug-likeness (QED) is 0.649. The summed E-state index contributed by atoms with van der Waals surface area (Å²) in [6.07, 6.45) is 0.157. The molecule has 14 heavy (non-hydrogen) atoms. The molecule has 1 fully saturated rings. The Kier molecular flexibility index (Phi) is 2.75. The Bertz CT molecular complexity index is 316. The van der Waals surface area contributed by atoms with Crippen LogP contribution in [0.5, 0.6) is 5.75 Å². The molecule has 0 N–H and O–H groups in total. The van der Waals surface area contributed by atoms with E-state index in [1.807, 2.05) is 31.2 Å². The molecule has 0 saturated carbocycles. The van der Waals surface area contributed by atoms with Crippen molar-refractivity contribution in [3.8, 4) is 5.75 Å². The van der Waals surface area contributed by atoms with Crippen molar-refractivity contribution in [2.75, 3.05) is 13.7 Å². The van der Waals surface area contributed by atoms with Crippen molar-refractivity contribution in [2.45, 2.75) is 13.0 Å². The molecular weight excluding hydrogens is 179 g/mol. The zero-order valence-electron chi connectivity index (χ0n) is 8.40. The molecule has 1 aromatic carbocycles. The number of benzene rings is 1. The average molecular weight is 192 g/mol. The van der Waals surface area contributed by atoms with Gasteiger partial charge >= 0.3 is 7.12 Å². The van der Waals surface area contributed by atoms with Crippen LogP contribution in [0.2, 0.25) is 0 Å². The number of hydrogen-bond acceptors (Lipinski definition) is 3. The summed E-state index contributed by atoms with van der Waals surface area (Å²) in [7, 11) is 1.37. The van der Waals surface area contributed by atoms with Crippen molar-refractivity contribution in [2.24, 2.45) is 0 Å². The minimum absolute atomic E-state index is 0.157.